The second kappa shape index (κ2) is 10.4. The van der Waals surface area contributed by atoms with E-state index in [4.69, 9.17) is 9.47 Å². The van der Waals surface area contributed by atoms with Crippen LogP contribution >= 0.6 is 0 Å². The maximum Gasteiger partial charge on any atom is 0.344 e. The molecule has 32 heavy (non-hydrogen) atoms. The van der Waals surface area contributed by atoms with Crippen molar-refractivity contribution in [3.63, 3.8) is 0 Å². The number of ether oxygens (including phenoxy) is 2. The molecule has 0 amide bonds. The first-order valence-corrected chi connectivity index (χ1v) is 10.7. The van der Waals surface area contributed by atoms with Crippen LogP contribution in [0.5, 0.6) is 0 Å². The molecule has 3 aromatic heterocycles. The third-order valence-corrected chi connectivity index (χ3v) is 5.29. The van der Waals surface area contributed by atoms with Crippen molar-refractivity contribution in [2.45, 2.75) is 13.5 Å². The van der Waals surface area contributed by atoms with Gasteiger partial charge in [0.1, 0.15) is 5.52 Å². The highest BCUT2D eigenvalue weighted by molar-refractivity contribution is 5.80. The third-order valence-electron chi connectivity index (χ3n) is 5.29. The molecule has 4 heterocycles. The molecule has 11 nitrogen and oxygen atoms in total. The Morgan fingerprint density at radius 1 is 1.19 bits per heavy atom. The molecular weight excluding hydrogens is 414 g/mol. The molecule has 1 aliphatic rings. The average Bonchev–Trinajstić information content (AvgIpc) is 2.82. The highest BCUT2D eigenvalue weighted by Gasteiger charge is 2.14. The van der Waals surface area contributed by atoms with Gasteiger partial charge >= 0.3 is 5.69 Å². The number of pyridine rings is 1. The molecule has 2 N–H and O–H groups in total. The highest BCUT2D eigenvalue weighted by Crippen LogP contribution is 2.19. The molecule has 11 heteroatoms. The van der Waals surface area contributed by atoms with Crippen LogP contribution < -0.4 is 16.6 Å². The summed E-state index contributed by atoms with van der Waals surface area (Å²) in [6, 6.07) is 1.78. The number of hydrogen-bond acceptors (Lipinski definition) is 9. The van der Waals surface area contributed by atoms with Crippen LogP contribution in [0.15, 0.2) is 34.2 Å². The van der Waals surface area contributed by atoms with Crippen LogP contribution in [0.25, 0.3) is 22.3 Å². The van der Waals surface area contributed by atoms with E-state index in [1.165, 1.54) is 6.20 Å². The molecule has 1 fully saturated rings. The number of aromatic amines is 1. The number of rotatable bonds is 9. The van der Waals surface area contributed by atoms with Crippen molar-refractivity contribution >= 4 is 16.9 Å². The summed E-state index contributed by atoms with van der Waals surface area (Å²) < 4.78 is 12.5. The number of anilines is 1. The first-order chi connectivity index (χ1) is 15.7. The fraction of sp³-hybridized carbons (Fsp3) is 0.476. The minimum Gasteiger partial charge on any atom is -0.380 e. The van der Waals surface area contributed by atoms with Crippen LogP contribution in [0.1, 0.15) is 6.92 Å². The second-order valence-electron chi connectivity index (χ2n) is 7.36. The standard InChI is InChI=1S/C21H27N7O4/c1-2-31-10-7-28-18-11-16(15-12-24-21(30)25-13-15)23-14-17(18)26-19(20(28)29)22-3-4-27-5-8-32-9-6-27/h11-14H,2-10H2,1H3,(H,22,26)(H,24,25,30). The predicted molar refractivity (Wildman–Crippen MR) is 120 cm³/mol. The normalized spacial score (nSPS) is 14.7. The summed E-state index contributed by atoms with van der Waals surface area (Å²) in [5.41, 5.74) is 1.82. The molecule has 4 rings (SSSR count). The zero-order chi connectivity index (χ0) is 22.3. The zero-order valence-electron chi connectivity index (χ0n) is 18.0. The lowest BCUT2D eigenvalue weighted by Crippen LogP contribution is -2.39. The van der Waals surface area contributed by atoms with E-state index in [2.05, 4.69) is 30.2 Å². The lowest BCUT2D eigenvalue weighted by Gasteiger charge is -2.26. The van der Waals surface area contributed by atoms with Gasteiger partial charge < -0.3 is 24.3 Å². The van der Waals surface area contributed by atoms with Crippen molar-refractivity contribution in [1.29, 1.82) is 0 Å². The molecule has 0 spiro atoms. The van der Waals surface area contributed by atoms with E-state index in [1.54, 1.807) is 23.0 Å². The van der Waals surface area contributed by atoms with Crippen molar-refractivity contribution in [2.24, 2.45) is 0 Å². The quantitative estimate of drug-likeness (QED) is 0.451. The van der Waals surface area contributed by atoms with Crippen molar-refractivity contribution in [2.75, 3.05) is 57.9 Å². The van der Waals surface area contributed by atoms with Gasteiger partial charge in [0.15, 0.2) is 5.82 Å². The van der Waals surface area contributed by atoms with Crippen LogP contribution in [-0.4, -0.2) is 82.0 Å². The van der Waals surface area contributed by atoms with Crippen LogP contribution in [-0.2, 0) is 16.0 Å². The van der Waals surface area contributed by atoms with Gasteiger partial charge in [-0.3, -0.25) is 14.7 Å². The monoisotopic (exact) mass is 441 g/mol. The van der Waals surface area contributed by atoms with E-state index in [0.717, 1.165) is 32.8 Å². The summed E-state index contributed by atoms with van der Waals surface area (Å²) in [6.45, 7) is 7.92. The minimum atomic E-state index is -0.433. The van der Waals surface area contributed by atoms with Crippen LogP contribution in [0, 0.1) is 0 Å². The molecule has 0 aliphatic carbocycles. The first-order valence-electron chi connectivity index (χ1n) is 10.7. The number of nitrogens with one attached hydrogen (secondary N) is 2. The molecule has 1 aliphatic heterocycles. The SMILES string of the molecule is CCOCCn1c(=O)c(NCCN2CCOCC2)nc2cnc(-c3cnc(=O)[nH]c3)cc21. The smallest absolute Gasteiger partial charge is 0.344 e. The van der Waals surface area contributed by atoms with E-state index < -0.39 is 5.69 Å². The topological polar surface area (TPSA) is 127 Å². The van der Waals surface area contributed by atoms with Gasteiger partial charge in [-0.15, -0.1) is 0 Å². The molecule has 0 atom stereocenters. The van der Waals surface area contributed by atoms with Gasteiger partial charge in [-0.05, 0) is 13.0 Å². The van der Waals surface area contributed by atoms with Gasteiger partial charge in [-0.2, -0.15) is 0 Å². The van der Waals surface area contributed by atoms with Gasteiger partial charge in [0, 0.05) is 57.3 Å². The predicted octanol–water partition coefficient (Wildman–Crippen LogP) is 0.322. The minimum absolute atomic E-state index is 0.212. The molecule has 0 saturated carbocycles. The Morgan fingerprint density at radius 3 is 2.78 bits per heavy atom. The Morgan fingerprint density at radius 2 is 2.03 bits per heavy atom. The number of nitrogens with zero attached hydrogens (tertiary/aromatic N) is 5. The first kappa shape index (κ1) is 22.1. The van der Waals surface area contributed by atoms with E-state index in [1.807, 2.05) is 6.92 Å². The summed E-state index contributed by atoms with van der Waals surface area (Å²) >= 11 is 0. The Bertz CT molecular complexity index is 1150. The van der Waals surface area contributed by atoms with Gasteiger partial charge in [0.25, 0.3) is 5.56 Å². The maximum absolute atomic E-state index is 13.2. The summed E-state index contributed by atoms with van der Waals surface area (Å²) in [7, 11) is 0. The number of fused-ring (bicyclic) bond motifs is 1. The van der Waals surface area contributed by atoms with Crippen molar-refractivity contribution in [3.8, 4) is 11.3 Å². The van der Waals surface area contributed by atoms with Crippen LogP contribution in [0.2, 0.25) is 0 Å². The fourth-order valence-corrected chi connectivity index (χ4v) is 3.58. The Balaban J connectivity index is 1.63. The summed E-state index contributed by atoms with van der Waals surface area (Å²) in [5, 5.41) is 3.19. The van der Waals surface area contributed by atoms with E-state index >= 15 is 0 Å². The molecule has 3 aromatic rings. The van der Waals surface area contributed by atoms with Gasteiger partial charge in [-0.25, -0.2) is 14.8 Å². The number of H-pyrrole nitrogens is 1. The summed E-state index contributed by atoms with van der Waals surface area (Å²) in [4.78, 5) is 42.0. The zero-order valence-corrected chi connectivity index (χ0v) is 18.0. The molecule has 0 unspecified atom stereocenters. The van der Waals surface area contributed by atoms with Crippen LogP contribution in [0.4, 0.5) is 5.82 Å². The molecule has 0 radical (unpaired) electrons. The number of hydrogen-bond donors (Lipinski definition) is 2. The highest BCUT2D eigenvalue weighted by atomic mass is 16.5. The largest absolute Gasteiger partial charge is 0.380 e. The van der Waals surface area contributed by atoms with Gasteiger partial charge in [0.05, 0.1) is 37.2 Å². The number of morpholine rings is 1. The van der Waals surface area contributed by atoms with Crippen LogP contribution in [0.3, 0.4) is 0 Å². The van der Waals surface area contributed by atoms with Gasteiger partial charge in [-0.1, -0.05) is 0 Å². The summed E-state index contributed by atoms with van der Waals surface area (Å²) in [6.07, 6.45) is 4.62. The van der Waals surface area contributed by atoms with Crippen molar-refractivity contribution < 1.29 is 9.47 Å². The summed E-state index contributed by atoms with van der Waals surface area (Å²) in [5.74, 6) is 0.294. The van der Waals surface area contributed by atoms with Gasteiger partial charge in [0.2, 0.25) is 0 Å². The molecule has 0 bridgehead atoms. The molecular formula is C21H27N7O4. The van der Waals surface area contributed by atoms with E-state index in [0.29, 0.717) is 54.4 Å². The van der Waals surface area contributed by atoms with E-state index in [-0.39, 0.29) is 5.56 Å². The third kappa shape index (κ3) is 5.18. The number of aromatic nitrogens is 5. The molecule has 0 aromatic carbocycles. The maximum atomic E-state index is 13.2. The Hall–Kier alpha value is -3.15. The lowest BCUT2D eigenvalue weighted by molar-refractivity contribution is 0.0398. The second-order valence-corrected chi connectivity index (χ2v) is 7.36. The van der Waals surface area contributed by atoms with Crippen molar-refractivity contribution in [3.05, 3.63) is 45.5 Å². The molecule has 170 valence electrons. The van der Waals surface area contributed by atoms with Crippen molar-refractivity contribution in [1.82, 2.24) is 29.4 Å². The fourth-order valence-electron chi connectivity index (χ4n) is 3.58. The Labute approximate surface area is 184 Å². The van der Waals surface area contributed by atoms with E-state index in [9.17, 15) is 9.59 Å². The Kier molecular flexibility index (Phi) is 7.20. The lowest BCUT2D eigenvalue weighted by atomic mass is 10.2. The molecule has 1 saturated heterocycles. The average molecular weight is 441 g/mol.